The van der Waals surface area contributed by atoms with Crippen molar-refractivity contribution in [2.24, 2.45) is 0 Å². The highest BCUT2D eigenvalue weighted by molar-refractivity contribution is 7.90. The van der Waals surface area contributed by atoms with Gasteiger partial charge in [-0.05, 0) is 85.5 Å². The molecule has 0 saturated heterocycles. The van der Waals surface area contributed by atoms with E-state index in [0.29, 0.717) is 17.3 Å². The molecule has 0 aliphatic carbocycles. The second kappa shape index (κ2) is 9.93. The first-order valence-electron chi connectivity index (χ1n) is 12.3. The zero-order chi connectivity index (χ0) is 27.8. The number of benzene rings is 3. The molecule has 0 bridgehead atoms. The molecule has 5 aromatic rings. The van der Waals surface area contributed by atoms with Gasteiger partial charge < -0.3 is 4.52 Å². The lowest BCUT2D eigenvalue weighted by Crippen LogP contribution is -2.14. The molecular weight excluding hydrogens is 508 g/mol. The average molecular weight is 535 g/mol. The Balaban J connectivity index is 1.66. The number of hydrogen-bond acceptors (Lipinski definition) is 7. The summed E-state index contributed by atoms with van der Waals surface area (Å²) in [6.45, 7) is 5.55. The van der Waals surface area contributed by atoms with Gasteiger partial charge in [0.2, 0.25) is 0 Å². The molecule has 7 nitrogen and oxygen atoms in total. The first-order chi connectivity index (χ1) is 18.5. The quantitative estimate of drug-likeness (QED) is 0.232. The number of pyridine rings is 1. The fourth-order valence-electron chi connectivity index (χ4n) is 4.36. The van der Waals surface area contributed by atoms with Crippen LogP contribution in [0.4, 0.5) is 0 Å². The Kier molecular flexibility index (Phi) is 6.62. The standard InChI is InChI=1S/C31H26N4O3S/c1-20-34-30(38-35-20)28(22-10-12-26(13-11-22)39(4,36)37)16-21-7-5-8-23(15-21)27-18-25(31(2,3)19-32)17-24-9-6-14-33-29(24)27/h5-18H,1-4H3/b28-16-. The minimum absolute atomic E-state index is 0.230. The van der Waals surface area contributed by atoms with Gasteiger partial charge in [0, 0.05) is 29.0 Å². The van der Waals surface area contributed by atoms with Crippen molar-refractivity contribution in [2.75, 3.05) is 6.26 Å². The number of rotatable bonds is 6. The Bertz CT molecular complexity index is 1880. The Morgan fingerprint density at radius 1 is 1.03 bits per heavy atom. The van der Waals surface area contributed by atoms with E-state index in [1.54, 1.807) is 37.4 Å². The molecule has 3 aromatic carbocycles. The largest absolute Gasteiger partial charge is 0.334 e. The van der Waals surface area contributed by atoms with Crippen molar-refractivity contribution >= 4 is 32.4 Å². The summed E-state index contributed by atoms with van der Waals surface area (Å²) in [5.74, 6) is 0.821. The van der Waals surface area contributed by atoms with Crippen molar-refractivity contribution in [1.29, 1.82) is 5.26 Å². The van der Waals surface area contributed by atoms with Crippen LogP contribution in [0.5, 0.6) is 0 Å². The molecule has 0 atom stereocenters. The van der Waals surface area contributed by atoms with Gasteiger partial charge in [-0.1, -0.05) is 41.6 Å². The van der Waals surface area contributed by atoms with Crippen LogP contribution >= 0.6 is 0 Å². The van der Waals surface area contributed by atoms with Gasteiger partial charge in [0.05, 0.1) is 21.9 Å². The van der Waals surface area contributed by atoms with E-state index in [4.69, 9.17) is 4.52 Å². The van der Waals surface area contributed by atoms with Gasteiger partial charge in [-0.3, -0.25) is 4.98 Å². The predicted octanol–water partition coefficient (Wildman–Crippen LogP) is 6.39. The number of sulfone groups is 1. The summed E-state index contributed by atoms with van der Waals surface area (Å²) in [4.78, 5) is 9.29. The lowest BCUT2D eigenvalue weighted by Gasteiger charge is -2.19. The highest BCUT2D eigenvalue weighted by Gasteiger charge is 2.22. The molecule has 0 radical (unpaired) electrons. The van der Waals surface area contributed by atoms with Gasteiger partial charge in [-0.15, -0.1) is 0 Å². The fourth-order valence-corrected chi connectivity index (χ4v) is 4.99. The number of hydrogen-bond donors (Lipinski definition) is 0. The molecule has 0 aliphatic heterocycles. The van der Waals surface area contributed by atoms with Crippen LogP contribution in [-0.2, 0) is 15.3 Å². The van der Waals surface area contributed by atoms with E-state index in [1.165, 1.54) is 6.26 Å². The van der Waals surface area contributed by atoms with Crippen LogP contribution in [0.25, 0.3) is 33.7 Å². The number of aromatic nitrogens is 3. The van der Waals surface area contributed by atoms with E-state index in [9.17, 15) is 13.7 Å². The van der Waals surface area contributed by atoms with Gasteiger partial charge in [-0.2, -0.15) is 10.2 Å². The molecule has 0 fully saturated rings. The summed E-state index contributed by atoms with van der Waals surface area (Å²) in [5, 5.41) is 14.7. The molecule has 0 N–H and O–H groups in total. The maximum atomic E-state index is 12.0. The smallest absolute Gasteiger partial charge is 0.258 e. The van der Waals surface area contributed by atoms with Crippen molar-refractivity contribution in [3.8, 4) is 17.2 Å². The minimum atomic E-state index is -3.33. The van der Waals surface area contributed by atoms with Gasteiger partial charge >= 0.3 is 0 Å². The molecule has 0 saturated carbocycles. The molecule has 0 unspecified atom stereocenters. The Hall–Kier alpha value is -4.61. The second-order valence-corrected chi connectivity index (χ2v) is 12.0. The molecule has 194 valence electrons. The van der Waals surface area contributed by atoms with Crippen molar-refractivity contribution < 1.29 is 12.9 Å². The lowest BCUT2D eigenvalue weighted by molar-refractivity contribution is 0.403. The molecule has 0 spiro atoms. The first kappa shape index (κ1) is 26.0. The zero-order valence-electron chi connectivity index (χ0n) is 22.0. The molecule has 2 aromatic heterocycles. The molecule has 39 heavy (non-hydrogen) atoms. The summed E-state index contributed by atoms with van der Waals surface area (Å²) < 4.78 is 29.4. The molecule has 0 amide bonds. The van der Waals surface area contributed by atoms with Crippen molar-refractivity contribution in [1.82, 2.24) is 15.1 Å². The third-order valence-electron chi connectivity index (χ3n) is 6.57. The highest BCUT2D eigenvalue weighted by Crippen LogP contribution is 2.35. The van der Waals surface area contributed by atoms with Gasteiger partial charge in [0.15, 0.2) is 15.7 Å². The summed E-state index contributed by atoms with van der Waals surface area (Å²) in [6.07, 6.45) is 4.88. The lowest BCUT2D eigenvalue weighted by atomic mass is 9.83. The van der Waals surface area contributed by atoms with E-state index in [0.717, 1.165) is 38.7 Å². The van der Waals surface area contributed by atoms with Crippen molar-refractivity contribution in [2.45, 2.75) is 31.1 Å². The monoisotopic (exact) mass is 534 g/mol. The molecule has 5 rings (SSSR count). The van der Waals surface area contributed by atoms with Crippen molar-refractivity contribution in [3.63, 3.8) is 0 Å². The van der Waals surface area contributed by atoms with Crippen LogP contribution in [0.15, 0.2) is 88.4 Å². The van der Waals surface area contributed by atoms with Gasteiger partial charge in [0.25, 0.3) is 5.89 Å². The number of aryl methyl sites for hydroxylation is 1. The fraction of sp³-hybridized carbons (Fsp3) is 0.161. The predicted molar refractivity (Wildman–Crippen MR) is 151 cm³/mol. The third-order valence-corrected chi connectivity index (χ3v) is 7.69. The van der Waals surface area contributed by atoms with Crippen LogP contribution in [0.3, 0.4) is 0 Å². The van der Waals surface area contributed by atoms with E-state index >= 15 is 0 Å². The summed E-state index contributed by atoms with van der Waals surface area (Å²) in [5.41, 5.74) is 5.23. The van der Waals surface area contributed by atoms with Crippen molar-refractivity contribution in [3.05, 3.63) is 107 Å². The highest BCUT2D eigenvalue weighted by atomic mass is 32.2. The number of nitriles is 1. The topological polar surface area (TPSA) is 110 Å². The van der Waals surface area contributed by atoms with Crippen LogP contribution in [-0.4, -0.2) is 29.8 Å². The summed E-state index contributed by atoms with van der Waals surface area (Å²) in [7, 11) is -3.33. The van der Waals surface area contributed by atoms with Crippen LogP contribution in [0.1, 0.15) is 42.3 Å². The molecule has 2 heterocycles. The maximum absolute atomic E-state index is 12.0. The van der Waals surface area contributed by atoms with E-state index in [-0.39, 0.29) is 4.90 Å². The second-order valence-electron chi connectivity index (χ2n) is 9.96. The molecule has 8 heteroatoms. The summed E-state index contributed by atoms with van der Waals surface area (Å²) >= 11 is 0. The average Bonchev–Trinajstić information content (AvgIpc) is 3.36. The third kappa shape index (κ3) is 5.35. The summed E-state index contributed by atoms with van der Waals surface area (Å²) in [6, 6.07) is 24.9. The maximum Gasteiger partial charge on any atom is 0.258 e. The SMILES string of the molecule is Cc1noc(/C(=C\c2cccc(-c3cc(C(C)(C)C#N)cc4cccnc34)c2)c2ccc(S(C)(=O)=O)cc2)n1. The van der Waals surface area contributed by atoms with Crippen LogP contribution in [0.2, 0.25) is 0 Å². The van der Waals surface area contributed by atoms with Gasteiger partial charge in [-0.25, -0.2) is 8.42 Å². The zero-order valence-corrected chi connectivity index (χ0v) is 22.8. The van der Waals surface area contributed by atoms with Gasteiger partial charge in [0.1, 0.15) is 0 Å². The number of nitrogens with zero attached hydrogens (tertiary/aromatic N) is 4. The normalized spacial score (nSPS) is 12.4. The minimum Gasteiger partial charge on any atom is -0.334 e. The van der Waals surface area contributed by atoms with E-state index < -0.39 is 15.3 Å². The molecule has 0 aliphatic rings. The Morgan fingerprint density at radius 2 is 1.79 bits per heavy atom. The van der Waals surface area contributed by atoms with E-state index in [1.807, 2.05) is 68.5 Å². The Labute approximate surface area is 227 Å². The number of fused-ring (bicyclic) bond motifs is 1. The Morgan fingerprint density at radius 3 is 2.46 bits per heavy atom. The molecular formula is C31H26N4O3S. The van der Waals surface area contributed by atoms with Crippen LogP contribution in [0, 0.1) is 18.3 Å². The van der Waals surface area contributed by atoms with Crippen LogP contribution < -0.4 is 0 Å². The first-order valence-corrected chi connectivity index (χ1v) is 14.2. The van der Waals surface area contributed by atoms with E-state index in [2.05, 4.69) is 21.2 Å².